The van der Waals surface area contributed by atoms with E-state index in [1.165, 1.54) is 22.3 Å². The molecule has 4 nitrogen and oxygen atoms in total. The molecule has 2 heterocycles. The van der Waals surface area contributed by atoms with E-state index in [0.29, 0.717) is 17.5 Å². The standard InChI is InChI=1S/C43H27N3O/c1-4-12-28(13-5-1)29-20-22-30(23-21-29)37-27-38-35-25-24-33(26-39(35)47-40(38)36-19-11-10-18-34(36)37)43-45-41(31-14-6-2-7-15-31)44-42(46-43)32-16-8-3-9-17-32/h1-27H. The lowest BCUT2D eigenvalue weighted by molar-refractivity contribution is 0.673. The maximum atomic E-state index is 6.65. The van der Waals surface area contributed by atoms with E-state index in [1.807, 2.05) is 66.7 Å². The molecule has 0 aliphatic heterocycles. The lowest BCUT2D eigenvalue weighted by atomic mass is 9.94. The normalized spacial score (nSPS) is 11.4. The summed E-state index contributed by atoms with van der Waals surface area (Å²) in [5.74, 6) is 1.87. The van der Waals surface area contributed by atoms with Crippen molar-refractivity contribution < 1.29 is 4.42 Å². The highest BCUT2D eigenvalue weighted by molar-refractivity contribution is 6.19. The van der Waals surface area contributed by atoms with Crippen molar-refractivity contribution in [1.82, 2.24) is 15.0 Å². The third-order valence-electron chi connectivity index (χ3n) is 8.74. The maximum absolute atomic E-state index is 6.65. The monoisotopic (exact) mass is 601 g/mol. The molecule has 0 aliphatic rings. The predicted octanol–water partition coefficient (Wildman–Crippen LogP) is 11.3. The Morgan fingerprint density at radius 2 is 0.787 bits per heavy atom. The molecule has 2 aromatic heterocycles. The molecule has 0 atom stereocenters. The quantitative estimate of drug-likeness (QED) is 0.197. The summed E-state index contributed by atoms with van der Waals surface area (Å²) in [6.45, 7) is 0. The first-order chi connectivity index (χ1) is 23.3. The average Bonchev–Trinajstić information content (AvgIpc) is 3.54. The summed E-state index contributed by atoms with van der Waals surface area (Å²) in [5, 5.41) is 4.38. The summed E-state index contributed by atoms with van der Waals surface area (Å²) < 4.78 is 6.65. The fourth-order valence-electron chi connectivity index (χ4n) is 6.39. The van der Waals surface area contributed by atoms with E-state index in [-0.39, 0.29) is 0 Å². The van der Waals surface area contributed by atoms with Crippen molar-refractivity contribution in [2.24, 2.45) is 0 Å². The highest BCUT2D eigenvalue weighted by Gasteiger charge is 2.17. The van der Waals surface area contributed by atoms with Crippen LogP contribution in [0.15, 0.2) is 168 Å². The Kier molecular flexibility index (Phi) is 6.43. The fourth-order valence-corrected chi connectivity index (χ4v) is 6.39. The Morgan fingerprint density at radius 3 is 1.40 bits per heavy atom. The van der Waals surface area contributed by atoms with Gasteiger partial charge in [-0.1, -0.05) is 146 Å². The predicted molar refractivity (Wildman–Crippen MR) is 192 cm³/mol. The summed E-state index contributed by atoms with van der Waals surface area (Å²) in [6, 6.07) is 56.4. The molecule has 0 spiro atoms. The van der Waals surface area contributed by atoms with Gasteiger partial charge in [-0.2, -0.15) is 0 Å². The number of rotatable bonds is 5. The van der Waals surface area contributed by atoms with Gasteiger partial charge in [0.15, 0.2) is 17.5 Å². The van der Waals surface area contributed by atoms with Gasteiger partial charge in [-0.25, -0.2) is 15.0 Å². The van der Waals surface area contributed by atoms with Crippen LogP contribution in [-0.4, -0.2) is 15.0 Å². The van der Waals surface area contributed by atoms with Crippen molar-refractivity contribution in [2.75, 3.05) is 0 Å². The Balaban J connectivity index is 1.19. The highest BCUT2D eigenvalue weighted by atomic mass is 16.3. The lowest BCUT2D eigenvalue weighted by Crippen LogP contribution is -2.00. The average molecular weight is 602 g/mol. The number of hydrogen-bond donors (Lipinski definition) is 0. The van der Waals surface area contributed by atoms with E-state index in [0.717, 1.165) is 49.4 Å². The largest absolute Gasteiger partial charge is 0.455 e. The summed E-state index contributed by atoms with van der Waals surface area (Å²) in [7, 11) is 0. The molecule has 9 aromatic rings. The summed E-state index contributed by atoms with van der Waals surface area (Å²) in [4.78, 5) is 14.7. The molecule has 0 fully saturated rings. The molecular formula is C43H27N3O. The van der Waals surface area contributed by atoms with Crippen LogP contribution in [-0.2, 0) is 0 Å². The van der Waals surface area contributed by atoms with Gasteiger partial charge in [0.25, 0.3) is 0 Å². The van der Waals surface area contributed by atoms with Crippen LogP contribution >= 0.6 is 0 Å². The van der Waals surface area contributed by atoms with Gasteiger partial charge in [0.05, 0.1) is 0 Å². The molecule has 0 aliphatic carbocycles. The second-order valence-corrected chi connectivity index (χ2v) is 11.6. The van der Waals surface area contributed by atoms with Crippen molar-refractivity contribution in [3.8, 4) is 56.4 Å². The number of hydrogen-bond acceptors (Lipinski definition) is 4. The van der Waals surface area contributed by atoms with Crippen molar-refractivity contribution in [3.05, 3.63) is 164 Å². The fraction of sp³-hybridized carbons (Fsp3) is 0. The van der Waals surface area contributed by atoms with E-state index in [9.17, 15) is 0 Å². The second kappa shape index (κ2) is 11.2. The summed E-state index contributed by atoms with van der Waals surface area (Å²) in [6.07, 6.45) is 0. The first-order valence-corrected chi connectivity index (χ1v) is 15.7. The molecule has 9 rings (SSSR count). The van der Waals surface area contributed by atoms with Crippen LogP contribution in [0.5, 0.6) is 0 Å². The van der Waals surface area contributed by atoms with E-state index in [1.54, 1.807) is 0 Å². The first-order valence-electron chi connectivity index (χ1n) is 15.7. The topological polar surface area (TPSA) is 51.8 Å². The first kappa shape index (κ1) is 27.0. The summed E-state index contributed by atoms with van der Waals surface area (Å²) in [5.41, 5.74) is 9.17. The van der Waals surface area contributed by atoms with Crippen LogP contribution in [0.4, 0.5) is 0 Å². The summed E-state index contributed by atoms with van der Waals surface area (Å²) >= 11 is 0. The zero-order valence-corrected chi connectivity index (χ0v) is 25.3. The van der Waals surface area contributed by atoms with Gasteiger partial charge in [0.2, 0.25) is 0 Å². The number of aromatic nitrogens is 3. The number of benzene rings is 7. The van der Waals surface area contributed by atoms with Crippen molar-refractivity contribution in [3.63, 3.8) is 0 Å². The molecule has 0 N–H and O–H groups in total. The molecule has 0 saturated carbocycles. The molecule has 47 heavy (non-hydrogen) atoms. The molecule has 4 heteroatoms. The van der Waals surface area contributed by atoms with E-state index in [2.05, 4.69) is 97.1 Å². The van der Waals surface area contributed by atoms with Crippen LogP contribution in [0.3, 0.4) is 0 Å². The van der Waals surface area contributed by atoms with Crippen molar-refractivity contribution in [1.29, 1.82) is 0 Å². The Morgan fingerprint density at radius 1 is 0.319 bits per heavy atom. The third-order valence-corrected chi connectivity index (χ3v) is 8.74. The lowest BCUT2D eigenvalue weighted by Gasteiger charge is -2.09. The third kappa shape index (κ3) is 4.84. The van der Waals surface area contributed by atoms with E-state index < -0.39 is 0 Å². The van der Waals surface area contributed by atoms with Crippen LogP contribution in [0.2, 0.25) is 0 Å². The minimum absolute atomic E-state index is 0.601. The molecule has 0 bridgehead atoms. The molecular weight excluding hydrogens is 574 g/mol. The van der Waals surface area contributed by atoms with Crippen molar-refractivity contribution >= 4 is 32.7 Å². The van der Waals surface area contributed by atoms with Gasteiger partial charge in [-0.05, 0) is 45.8 Å². The van der Waals surface area contributed by atoms with Gasteiger partial charge in [0.1, 0.15) is 11.2 Å². The molecule has 7 aromatic carbocycles. The van der Waals surface area contributed by atoms with E-state index >= 15 is 0 Å². The Labute approximate surface area is 271 Å². The molecule has 0 amide bonds. The van der Waals surface area contributed by atoms with Gasteiger partial charge in [-0.15, -0.1) is 0 Å². The van der Waals surface area contributed by atoms with Crippen LogP contribution in [0, 0.1) is 0 Å². The Hall–Kier alpha value is -6.39. The second-order valence-electron chi connectivity index (χ2n) is 11.6. The van der Waals surface area contributed by atoms with Crippen molar-refractivity contribution in [2.45, 2.75) is 0 Å². The molecule has 0 radical (unpaired) electrons. The van der Waals surface area contributed by atoms with Gasteiger partial charge in [-0.3, -0.25) is 0 Å². The number of fused-ring (bicyclic) bond motifs is 5. The number of nitrogens with zero attached hydrogens (tertiary/aromatic N) is 3. The minimum atomic E-state index is 0.601. The zero-order chi connectivity index (χ0) is 31.2. The smallest absolute Gasteiger partial charge is 0.164 e. The Bertz CT molecular complexity index is 2480. The van der Waals surface area contributed by atoms with Gasteiger partial charge in [0, 0.05) is 32.8 Å². The van der Waals surface area contributed by atoms with Crippen LogP contribution < -0.4 is 0 Å². The van der Waals surface area contributed by atoms with Crippen LogP contribution in [0.25, 0.3) is 89.1 Å². The zero-order valence-electron chi connectivity index (χ0n) is 25.3. The molecule has 0 unspecified atom stereocenters. The van der Waals surface area contributed by atoms with Crippen LogP contribution in [0.1, 0.15) is 0 Å². The molecule has 0 saturated heterocycles. The highest BCUT2D eigenvalue weighted by Crippen LogP contribution is 2.41. The SMILES string of the molecule is c1ccc(-c2ccc(-c3cc4c5ccc(-c6nc(-c7ccccc7)nc(-c7ccccc7)n6)cc5oc4c4ccccc34)cc2)cc1. The maximum Gasteiger partial charge on any atom is 0.164 e. The molecule has 220 valence electrons. The number of furan rings is 1. The van der Waals surface area contributed by atoms with Gasteiger partial charge >= 0.3 is 0 Å². The van der Waals surface area contributed by atoms with Gasteiger partial charge < -0.3 is 4.42 Å². The minimum Gasteiger partial charge on any atom is -0.455 e. The van der Waals surface area contributed by atoms with E-state index in [4.69, 9.17) is 19.4 Å².